The average Bonchev–Trinajstić information content (AvgIpc) is 2.75. The van der Waals surface area contributed by atoms with Gasteiger partial charge in [0.15, 0.2) is 0 Å². The lowest BCUT2D eigenvalue weighted by Crippen LogP contribution is -2.41. The number of aryl methyl sites for hydroxylation is 1. The zero-order chi connectivity index (χ0) is 12.2. The molecule has 2 nitrogen and oxygen atoms in total. The third kappa shape index (κ3) is 3.06. The predicted molar refractivity (Wildman–Crippen MR) is 69.1 cm³/mol. The van der Waals surface area contributed by atoms with Crippen LogP contribution in [0.2, 0.25) is 0 Å². The average molecular weight is 242 g/mol. The van der Waals surface area contributed by atoms with Crippen LogP contribution in [0.25, 0.3) is 0 Å². The molecule has 1 aromatic heterocycles. The molecule has 0 saturated carbocycles. The minimum Gasteiger partial charge on any atom is -0.390 e. The lowest BCUT2D eigenvalue weighted by atomic mass is 9.93. The van der Waals surface area contributed by atoms with Gasteiger partial charge in [0.05, 0.1) is 11.7 Å². The molecule has 0 aliphatic heterocycles. The van der Waals surface area contributed by atoms with Crippen molar-refractivity contribution in [3.63, 3.8) is 0 Å². The molecule has 1 rings (SSSR count). The van der Waals surface area contributed by atoms with E-state index in [1.807, 2.05) is 13.8 Å². The Morgan fingerprint density at radius 1 is 1.38 bits per heavy atom. The summed E-state index contributed by atoms with van der Waals surface area (Å²) in [6.45, 7) is 6.15. The van der Waals surface area contributed by atoms with Crippen LogP contribution in [0.1, 0.15) is 36.9 Å². The van der Waals surface area contributed by atoms with Gasteiger partial charge in [-0.25, -0.2) is 0 Å². The topological polar surface area (TPSA) is 29.5 Å². The predicted octanol–water partition coefficient (Wildman–Crippen LogP) is 3.03. The van der Waals surface area contributed by atoms with Crippen molar-refractivity contribution >= 4 is 11.3 Å². The van der Waals surface area contributed by atoms with Crippen LogP contribution in [0.15, 0.2) is 12.1 Å². The van der Waals surface area contributed by atoms with E-state index in [-0.39, 0.29) is 0 Å². The van der Waals surface area contributed by atoms with Gasteiger partial charge < -0.3 is 9.84 Å². The van der Waals surface area contributed by atoms with Crippen molar-refractivity contribution in [1.82, 2.24) is 0 Å². The molecule has 92 valence electrons. The first-order valence-electron chi connectivity index (χ1n) is 5.86. The summed E-state index contributed by atoms with van der Waals surface area (Å²) in [5.74, 6) is 0. The van der Waals surface area contributed by atoms with Gasteiger partial charge in [-0.3, -0.25) is 0 Å². The van der Waals surface area contributed by atoms with Gasteiger partial charge in [0.25, 0.3) is 0 Å². The van der Waals surface area contributed by atoms with Crippen LogP contribution in [-0.4, -0.2) is 23.9 Å². The quantitative estimate of drug-likeness (QED) is 0.831. The summed E-state index contributed by atoms with van der Waals surface area (Å²) in [5, 5.41) is 10.2. The molecule has 0 radical (unpaired) electrons. The van der Waals surface area contributed by atoms with Crippen LogP contribution in [0.5, 0.6) is 0 Å². The maximum atomic E-state index is 10.2. The van der Waals surface area contributed by atoms with Gasteiger partial charge in [0, 0.05) is 23.3 Å². The summed E-state index contributed by atoms with van der Waals surface area (Å²) < 4.78 is 5.41. The van der Waals surface area contributed by atoms with E-state index in [4.69, 9.17) is 4.74 Å². The fourth-order valence-corrected chi connectivity index (χ4v) is 2.64. The van der Waals surface area contributed by atoms with E-state index in [9.17, 15) is 5.11 Å². The second-order valence-electron chi connectivity index (χ2n) is 4.31. The minimum atomic E-state index is -0.439. The van der Waals surface area contributed by atoms with Gasteiger partial charge in [-0.2, -0.15) is 0 Å². The van der Waals surface area contributed by atoms with Crippen molar-refractivity contribution in [2.24, 2.45) is 0 Å². The van der Waals surface area contributed by atoms with Crippen molar-refractivity contribution in [1.29, 1.82) is 0 Å². The summed E-state index contributed by atoms with van der Waals surface area (Å²) in [4.78, 5) is 2.61. The van der Waals surface area contributed by atoms with Crippen molar-refractivity contribution in [3.8, 4) is 0 Å². The second kappa shape index (κ2) is 5.80. The number of aliphatic hydroxyl groups excluding tert-OH is 1. The normalized spacial score (nSPS) is 17.1. The van der Waals surface area contributed by atoms with E-state index < -0.39 is 11.7 Å². The molecule has 0 bridgehead atoms. The molecule has 0 aliphatic rings. The van der Waals surface area contributed by atoms with Crippen molar-refractivity contribution < 1.29 is 9.84 Å². The molecule has 0 aromatic carbocycles. The lowest BCUT2D eigenvalue weighted by Gasteiger charge is -2.31. The lowest BCUT2D eigenvalue weighted by molar-refractivity contribution is -0.0911. The number of rotatable bonds is 6. The fourth-order valence-electron chi connectivity index (χ4n) is 1.64. The highest BCUT2D eigenvalue weighted by molar-refractivity contribution is 7.11. The molecule has 0 aliphatic carbocycles. The maximum Gasteiger partial charge on any atom is 0.0909 e. The molecule has 3 heteroatoms. The zero-order valence-electron chi connectivity index (χ0n) is 10.6. The number of hydrogen-bond acceptors (Lipinski definition) is 3. The number of hydrogen-bond donors (Lipinski definition) is 1. The van der Waals surface area contributed by atoms with Crippen LogP contribution in [-0.2, 0) is 17.6 Å². The van der Waals surface area contributed by atoms with Gasteiger partial charge in [-0.05, 0) is 31.9 Å². The summed E-state index contributed by atoms with van der Waals surface area (Å²) in [6.07, 6.45) is 2.13. The Morgan fingerprint density at radius 3 is 2.44 bits per heavy atom. The van der Waals surface area contributed by atoms with Crippen LogP contribution >= 0.6 is 11.3 Å². The number of aliphatic hydroxyl groups is 1. The van der Waals surface area contributed by atoms with Gasteiger partial charge in [0.1, 0.15) is 0 Å². The smallest absolute Gasteiger partial charge is 0.0909 e. The molecule has 0 spiro atoms. The first kappa shape index (κ1) is 13.7. The molecule has 2 atom stereocenters. The van der Waals surface area contributed by atoms with Crippen LogP contribution in [0, 0.1) is 0 Å². The first-order valence-corrected chi connectivity index (χ1v) is 6.68. The fraction of sp³-hybridized carbons (Fsp3) is 0.692. The van der Waals surface area contributed by atoms with E-state index in [1.54, 1.807) is 18.4 Å². The molecule has 0 saturated heterocycles. The summed E-state index contributed by atoms with van der Waals surface area (Å²) in [7, 11) is 1.67. The number of ether oxygens (including phenoxy) is 1. The van der Waals surface area contributed by atoms with Crippen LogP contribution in [0.4, 0.5) is 0 Å². The van der Waals surface area contributed by atoms with Crippen LogP contribution < -0.4 is 0 Å². The zero-order valence-corrected chi connectivity index (χ0v) is 11.4. The molecule has 2 unspecified atom stereocenters. The molecule has 1 aromatic rings. The SMILES string of the molecule is CCc1ccc(CC(O)C(C)(CC)OC)s1. The van der Waals surface area contributed by atoms with E-state index >= 15 is 0 Å². The van der Waals surface area contributed by atoms with Crippen molar-refractivity contribution in [2.45, 2.75) is 51.7 Å². The Bertz CT molecular complexity index is 315. The number of thiophene rings is 1. The highest BCUT2D eigenvalue weighted by atomic mass is 32.1. The second-order valence-corrected chi connectivity index (χ2v) is 5.56. The highest BCUT2D eigenvalue weighted by Gasteiger charge is 2.31. The molecular weight excluding hydrogens is 220 g/mol. The Balaban J connectivity index is 2.66. The monoisotopic (exact) mass is 242 g/mol. The van der Waals surface area contributed by atoms with Gasteiger partial charge in [0.2, 0.25) is 0 Å². The first-order chi connectivity index (χ1) is 7.55. The van der Waals surface area contributed by atoms with E-state index in [2.05, 4.69) is 19.1 Å². The largest absolute Gasteiger partial charge is 0.390 e. The maximum absolute atomic E-state index is 10.2. The molecular formula is C13H22O2S. The van der Waals surface area contributed by atoms with Crippen molar-refractivity contribution in [3.05, 3.63) is 21.9 Å². The molecule has 1 heterocycles. The number of methoxy groups -OCH3 is 1. The third-order valence-corrected chi connectivity index (χ3v) is 4.59. The molecule has 0 amide bonds. The highest BCUT2D eigenvalue weighted by Crippen LogP contribution is 2.25. The Kier molecular flexibility index (Phi) is 4.96. The summed E-state index contributed by atoms with van der Waals surface area (Å²) in [5.41, 5.74) is -0.434. The Labute approximate surface area is 102 Å². The summed E-state index contributed by atoms with van der Waals surface area (Å²) in [6, 6.07) is 4.25. The summed E-state index contributed by atoms with van der Waals surface area (Å²) >= 11 is 1.78. The van der Waals surface area contributed by atoms with Crippen LogP contribution in [0.3, 0.4) is 0 Å². The van der Waals surface area contributed by atoms with E-state index in [0.717, 1.165) is 12.8 Å². The Hall–Kier alpha value is -0.380. The molecule has 0 fully saturated rings. The minimum absolute atomic E-state index is 0.434. The van der Waals surface area contributed by atoms with Gasteiger partial charge >= 0.3 is 0 Å². The molecule has 16 heavy (non-hydrogen) atoms. The van der Waals surface area contributed by atoms with Gasteiger partial charge in [-0.15, -0.1) is 11.3 Å². The van der Waals surface area contributed by atoms with Gasteiger partial charge in [-0.1, -0.05) is 13.8 Å². The van der Waals surface area contributed by atoms with E-state index in [0.29, 0.717) is 6.42 Å². The molecule has 1 N–H and O–H groups in total. The van der Waals surface area contributed by atoms with E-state index in [1.165, 1.54) is 9.75 Å². The standard InChI is InChI=1S/C13H22O2S/c1-5-10-7-8-11(16-10)9-12(14)13(3,6-2)15-4/h7-8,12,14H,5-6,9H2,1-4H3. The third-order valence-electron chi connectivity index (χ3n) is 3.33. The Morgan fingerprint density at radius 2 is 2.00 bits per heavy atom. The van der Waals surface area contributed by atoms with Crippen molar-refractivity contribution in [2.75, 3.05) is 7.11 Å².